The Balaban J connectivity index is 0.00000645. The summed E-state index contributed by atoms with van der Waals surface area (Å²) in [5.74, 6) is -3.80. The Morgan fingerprint density at radius 2 is 1.56 bits per heavy atom. The fourth-order valence-electron chi connectivity index (χ4n) is 4.67. The van der Waals surface area contributed by atoms with E-state index in [1.807, 2.05) is 37.4 Å². The van der Waals surface area contributed by atoms with Crippen LogP contribution in [0.1, 0.15) is 54.2 Å². The predicted octanol–water partition coefficient (Wildman–Crippen LogP) is 5.97. The van der Waals surface area contributed by atoms with Gasteiger partial charge in [0, 0.05) is 11.6 Å². The first-order valence-corrected chi connectivity index (χ1v) is 15.1. The minimum absolute atomic E-state index is 0. The van der Waals surface area contributed by atoms with Crippen molar-refractivity contribution < 1.29 is 33.0 Å². The molecule has 0 saturated heterocycles. The van der Waals surface area contributed by atoms with Crippen molar-refractivity contribution in [3.8, 4) is 11.1 Å². The van der Waals surface area contributed by atoms with E-state index >= 15 is 0 Å². The molecule has 0 aromatic heterocycles. The number of aliphatic carboxylic acids is 1. The predicted molar refractivity (Wildman–Crippen MR) is 169 cm³/mol. The topological polar surface area (TPSA) is 92.7 Å². The summed E-state index contributed by atoms with van der Waals surface area (Å²) in [7, 11) is 0. The van der Waals surface area contributed by atoms with Crippen molar-refractivity contribution in [3.05, 3.63) is 94.6 Å². The molecule has 0 spiro atoms. The van der Waals surface area contributed by atoms with Gasteiger partial charge in [0.25, 0.3) is 5.91 Å². The van der Waals surface area contributed by atoms with E-state index in [0.717, 1.165) is 17.2 Å². The molecule has 2 atom stereocenters. The van der Waals surface area contributed by atoms with Crippen LogP contribution in [0.25, 0.3) is 11.1 Å². The van der Waals surface area contributed by atoms with Crippen LogP contribution in [0.5, 0.6) is 0 Å². The maximum atomic E-state index is 14.0. The van der Waals surface area contributed by atoms with Crippen molar-refractivity contribution in [3.63, 3.8) is 0 Å². The molecular weight excluding hydrogens is 567 g/mol. The summed E-state index contributed by atoms with van der Waals surface area (Å²) in [4.78, 5) is 38.5. The molecule has 10 heteroatoms. The Kier molecular flexibility index (Phi) is 13.5. The van der Waals surface area contributed by atoms with E-state index in [1.165, 1.54) is 23.9 Å². The fourth-order valence-corrected chi connectivity index (χ4v) is 5.14. The zero-order chi connectivity index (χ0) is 31.0. The van der Waals surface area contributed by atoms with Gasteiger partial charge < -0.3 is 15.2 Å². The summed E-state index contributed by atoms with van der Waals surface area (Å²) in [5.41, 5.74) is 2.81. The summed E-state index contributed by atoms with van der Waals surface area (Å²) in [6.07, 6.45) is 2.36. The molecule has 2 N–H and O–H groups in total. The quantitative estimate of drug-likeness (QED) is 0.195. The van der Waals surface area contributed by atoms with Crippen LogP contribution in [0.3, 0.4) is 0 Å². The zero-order valence-electron chi connectivity index (χ0n) is 24.5. The van der Waals surface area contributed by atoms with Crippen LogP contribution in [-0.4, -0.2) is 65.5 Å². The number of ether oxygens (including phenoxy) is 1. The number of nitrogens with one attached hydrogen (secondary N) is 1. The third-order valence-corrected chi connectivity index (χ3v) is 7.25. The van der Waals surface area contributed by atoms with Crippen molar-refractivity contribution in [2.24, 2.45) is 5.92 Å². The standard InChI is InChI=1S/C33H37F2NO5S.Li.H/c1-20-8-6-7-9-26(20)28-18-21(10-11-27(28)30(37)36-29(31(38)39)12-13-42-5)14-23(32(40)41-33(2,3)4)15-22-16-24(34)19-25(35)17-22;;/h6-11,16-19,23,29H,12-15H2,1-5H3,(H,36,37)(H,38,39);;/t23?,29-;;/m0../s1. The first-order chi connectivity index (χ1) is 19.8. The van der Waals surface area contributed by atoms with Crippen LogP contribution in [0.4, 0.5) is 8.78 Å². The Morgan fingerprint density at radius 1 is 0.930 bits per heavy atom. The number of hydrogen-bond acceptors (Lipinski definition) is 5. The van der Waals surface area contributed by atoms with E-state index in [2.05, 4.69) is 5.32 Å². The number of amides is 1. The second-order valence-corrected chi connectivity index (χ2v) is 12.2. The van der Waals surface area contributed by atoms with Crippen LogP contribution in [0.15, 0.2) is 60.7 Å². The first kappa shape index (κ1) is 36.1. The molecule has 0 aliphatic rings. The number of aryl methyl sites for hydroxylation is 1. The number of rotatable bonds is 12. The summed E-state index contributed by atoms with van der Waals surface area (Å²) < 4.78 is 33.6. The van der Waals surface area contributed by atoms with Crippen molar-refractivity contribution in [1.29, 1.82) is 0 Å². The van der Waals surface area contributed by atoms with Crippen LogP contribution in [-0.2, 0) is 27.2 Å². The number of carbonyl (C=O) groups is 3. The monoisotopic (exact) mass is 605 g/mol. The van der Waals surface area contributed by atoms with Gasteiger partial charge in [-0.3, -0.25) is 9.59 Å². The normalized spacial score (nSPS) is 12.5. The summed E-state index contributed by atoms with van der Waals surface area (Å²) >= 11 is 1.49. The fraction of sp³-hybridized carbons (Fsp3) is 0.364. The van der Waals surface area contributed by atoms with Gasteiger partial charge in [-0.2, -0.15) is 11.8 Å². The number of carboxylic acids is 1. The average Bonchev–Trinajstić information content (AvgIpc) is 2.89. The van der Waals surface area contributed by atoms with E-state index < -0.39 is 47.0 Å². The molecule has 3 aromatic rings. The van der Waals surface area contributed by atoms with Gasteiger partial charge in [0.2, 0.25) is 0 Å². The molecule has 0 bridgehead atoms. The van der Waals surface area contributed by atoms with Gasteiger partial charge in [-0.1, -0.05) is 36.4 Å². The number of thioether (sulfide) groups is 1. The van der Waals surface area contributed by atoms with E-state index in [0.29, 0.717) is 28.0 Å². The molecule has 43 heavy (non-hydrogen) atoms. The minimum atomic E-state index is -1.11. The van der Waals surface area contributed by atoms with Gasteiger partial charge in [0.15, 0.2) is 0 Å². The van der Waals surface area contributed by atoms with Gasteiger partial charge in [0.05, 0.1) is 5.92 Å². The molecule has 0 aliphatic carbocycles. The van der Waals surface area contributed by atoms with Crippen molar-refractivity contribution in [1.82, 2.24) is 5.32 Å². The van der Waals surface area contributed by atoms with Crippen molar-refractivity contribution in [2.75, 3.05) is 12.0 Å². The molecule has 0 saturated carbocycles. The number of hydrogen-bond donors (Lipinski definition) is 2. The maximum absolute atomic E-state index is 14.0. The molecule has 226 valence electrons. The van der Waals surface area contributed by atoms with E-state index in [-0.39, 0.29) is 38.1 Å². The number of benzene rings is 3. The molecule has 6 nitrogen and oxygen atoms in total. The molecule has 0 radical (unpaired) electrons. The third kappa shape index (κ3) is 10.8. The van der Waals surface area contributed by atoms with Crippen LogP contribution in [0, 0.1) is 24.5 Å². The van der Waals surface area contributed by atoms with Gasteiger partial charge in [-0.25, -0.2) is 13.6 Å². The molecule has 0 heterocycles. The van der Waals surface area contributed by atoms with E-state index in [4.69, 9.17) is 4.74 Å². The van der Waals surface area contributed by atoms with Crippen LogP contribution in [0.2, 0.25) is 0 Å². The molecule has 1 unspecified atom stereocenters. The first-order valence-electron chi connectivity index (χ1n) is 13.7. The molecule has 0 aliphatic heterocycles. The Hall–Kier alpha value is -3.12. The Morgan fingerprint density at radius 3 is 2.14 bits per heavy atom. The molecule has 1 amide bonds. The van der Waals surface area contributed by atoms with Gasteiger partial charge in [0.1, 0.15) is 23.3 Å². The summed E-state index contributed by atoms with van der Waals surface area (Å²) in [6, 6.07) is 14.8. The summed E-state index contributed by atoms with van der Waals surface area (Å²) in [6.45, 7) is 7.15. The second kappa shape index (κ2) is 16.1. The number of esters is 1. The number of carboxylic acid groups (broad SMARTS) is 1. The third-order valence-electron chi connectivity index (χ3n) is 6.60. The van der Waals surface area contributed by atoms with Crippen molar-refractivity contribution in [2.45, 2.75) is 58.6 Å². The van der Waals surface area contributed by atoms with Crippen molar-refractivity contribution >= 4 is 48.5 Å². The summed E-state index contributed by atoms with van der Waals surface area (Å²) in [5, 5.41) is 12.3. The Labute approximate surface area is 268 Å². The SMILES string of the molecule is CSCC[C@H](NC(=O)c1ccc(CC(Cc2cc(F)cc(F)c2)C(=O)OC(C)(C)C)cc1-c1ccccc1C)C(=O)O.[LiH]. The van der Waals surface area contributed by atoms with Gasteiger partial charge >= 0.3 is 30.8 Å². The van der Waals surface area contributed by atoms with Crippen LogP contribution >= 0.6 is 11.8 Å². The number of carbonyl (C=O) groups excluding carboxylic acids is 2. The molecular formula is C33H38F2LiNO5S. The van der Waals surface area contributed by atoms with Crippen LogP contribution < -0.4 is 5.32 Å². The van der Waals surface area contributed by atoms with E-state index in [9.17, 15) is 28.3 Å². The molecule has 3 aromatic carbocycles. The zero-order valence-corrected chi connectivity index (χ0v) is 25.3. The Bertz CT molecular complexity index is 1420. The second-order valence-electron chi connectivity index (χ2n) is 11.3. The van der Waals surface area contributed by atoms with E-state index in [1.54, 1.807) is 39.0 Å². The van der Waals surface area contributed by atoms with Gasteiger partial charge in [-0.05, 0) is 105 Å². The average molecular weight is 606 g/mol. The molecule has 0 fully saturated rings. The molecule has 3 rings (SSSR count). The number of halogens is 2. The van der Waals surface area contributed by atoms with Gasteiger partial charge in [-0.15, -0.1) is 0 Å².